The van der Waals surface area contributed by atoms with Gasteiger partial charge < -0.3 is 10.4 Å². The van der Waals surface area contributed by atoms with Crippen LogP contribution in [0.5, 0.6) is 5.75 Å². The number of carbonyl (C=O) groups excluding carboxylic acids is 2. The Morgan fingerprint density at radius 1 is 1.19 bits per heavy atom. The minimum Gasteiger partial charge on any atom is -0.507 e. The predicted octanol–water partition coefficient (Wildman–Crippen LogP) is 2.47. The van der Waals surface area contributed by atoms with Crippen molar-refractivity contribution < 1.29 is 19.6 Å². The zero-order chi connectivity index (χ0) is 18.7. The molecule has 0 saturated carbocycles. The molecule has 1 aliphatic carbocycles. The number of hydrogen-bond donors (Lipinski definition) is 3. The summed E-state index contributed by atoms with van der Waals surface area (Å²) in [5.41, 5.74) is 0.279. The summed E-state index contributed by atoms with van der Waals surface area (Å²) in [6.45, 7) is 0. The van der Waals surface area contributed by atoms with E-state index in [0.717, 1.165) is 10.8 Å². The topological polar surface area (TPSA) is 122 Å². The molecule has 8 heteroatoms. The van der Waals surface area contributed by atoms with E-state index >= 15 is 0 Å². The van der Waals surface area contributed by atoms with Crippen LogP contribution in [0.3, 0.4) is 0 Å². The highest BCUT2D eigenvalue weighted by molar-refractivity contribution is 6.08. The van der Waals surface area contributed by atoms with Crippen molar-refractivity contribution in [3.05, 3.63) is 76.0 Å². The largest absolute Gasteiger partial charge is 0.507 e. The third-order valence-corrected chi connectivity index (χ3v) is 3.94. The predicted molar refractivity (Wildman–Crippen MR) is 94.2 cm³/mol. The number of fused-ring (bicyclic) bond motifs is 1. The number of rotatable bonds is 3. The summed E-state index contributed by atoms with van der Waals surface area (Å²) >= 11 is 0. The van der Waals surface area contributed by atoms with E-state index < -0.39 is 22.9 Å². The van der Waals surface area contributed by atoms with Crippen LogP contribution in [0.25, 0.3) is 10.8 Å². The summed E-state index contributed by atoms with van der Waals surface area (Å²) in [7, 11) is 0. The van der Waals surface area contributed by atoms with Crippen molar-refractivity contribution in [1.82, 2.24) is 10.6 Å². The van der Waals surface area contributed by atoms with Gasteiger partial charge in [-0.05, 0) is 35.1 Å². The van der Waals surface area contributed by atoms with E-state index in [9.17, 15) is 24.8 Å². The first-order chi connectivity index (χ1) is 12.4. The molecule has 3 amide bonds. The molecular weight excluding hydrogens is 338 g/mol. The third-order valence-electron chi connectivity index (χ3n) is 3.94. The number of phenols is 1. The molecule has 0 fully saturated rings. The first kappa shape index (κ1) is 17.2. The number of nitrogens with zero attached hydrogens (tertiary/aromatic N) is 1. The maximum absolute atomic E-state index is 12.3. The maximum Gasteiger partial charge on any atom is 0.325 e. The summed E-state index contributed by atoms with van der Waals surface area (Å²) in [5.74, 6) is -1.02. The number of imide groups is 1. The number of aromatic hydroxyl groups is 1. The molecule has 1 aliphatic rings. The average Bonchev–Trinajstić information content (AvgIpc) is 2.61. The van der Waals surface area contributed by atoms with Crippen molar-refractivity contribution in [2.75, 3.05) is 0 Å². The molecule has 1 unspecified atom stereocenters. The molecule has 0 saturated heterocycles. The number of benzene rings is 2. The highest BCUT2D eigenvalue weighted by atomic mass is 16.6. The number of hydrogen-bond acceptors (Lipinski definition) is 5. The first-order valence-electron chi connectivity index (χ1n) is 7.79. The Morgan fingerprint density at radius 2 is 1.88 bits per heavy atom. The van der Waals surface area contributed by atoms with Crippen LogP contribution < -0.4 is 10.6 Å². The molecule has 26 heavy (non-hydrogen) atoms. The van der Waals surface area contributed by atoms with E-state index in [4.69, 9.17) is 0 Å². The van der Waals surface area contributed by atoms with Gasteiger partial charge in [-0.15, -0.1) is 0 Å². The molecule has 2 aromatic carbocycles. The van der Waals surface area contributed by atoms with Gasteiger partial charge in [0, 0.05) is 10.6 Å². The van der Waals surface area contributed by atoms with Crippen molar-refractivity contribution in [3.8, 4) is 5.75 Å². The quantitative estimate of drug-likeness (QED) is 0.578. The van der Waals surface area contributed by atoms with Crippen LogP contribution in [0, 0.1) is 10.1 Å². The summed E-state index contributed by atoms with van der Waals surface area (Å²) in [5, 5.41) is 26.9. The first-order valence-corrected chi connectivity index (χ1v) is 7.79. The van der Waals surface area contributed by atoms with Gasteiger partial charge in [0.05, 0.1) is 12.0 Å². The van der Waals surface area contributed by atoms with E-state index in [-0.39, 0.29) is 17.7 Å². The second-order valence-corrected chi connectivity index (χ2v) is 5.76. The Balaban J connectivity index is 1.69. The van der Waals surface area contributed by atoms with Crippen LogP contribution in [-0.2, 0) is 0 Å². The van der Waals surface area contributed by atoms with Gasteiger partial charge in [0.2, 0.25) is 6.04 Å². The molecule has 3 N–H and O–H groups in total. The fraction of sp³-hybridized carbons (Fsp3) is 0.111. The Bertz CT molecular complexity index is 964. The zero-order valence-corrected chi connectivity index (χ0v) is 13.5. The molecule has 0 aromatic heterocycles. The van der Waals surface area contributed by atoms with E-state index in [1.807, 2.05) is 0 Å². The van der Waals surface area contributed by atoms with Crippen LogP contribution >= 0.6 is 0 Å². The van der Waals surface area contributed by atoms with Crippen LogP contribution in [-0.4, -0.2) is 28.0 Å². The number of allylic oxidation sites excluding steroid dienone is 2. The summed E-state index contributed by atoms with van der Waals surface area (Å²) in [6.07, 6.45) is 4.44. The van der Waals surface area contributed by atoms with Gasteiger partial charge in [-0.2, -0.15) is 0 Å². The van der Waals surface area contributed by atoms with Crippen molar-refractivity contribution >= 4 is 22.7 Å². The lowest BCUT2D eigenvalue weighted by Crippen LogP contribution is -2.40. The highest BCUT2D eigenvalue weighted by Gasteiger charge is 2.22. The van der Waals surface area contributed by atoms with Gasteiger partial charge in [0.15, 0.2) is 0 Å². The van der Waals surface area contributed by atoms with Crippen molar-refractivity contribution in [2.24, 2.45) is 0 Å². The monoisotopic (exact) mass is 353 g/mol. The summed E-state index contributed by atoms with van der Waals surface area (Å²) in [6, 6.07) is 8.35. The van der Waals surface area contributed by atoms with E-state index in [1.54, 1.807) is 24.3 Å². The SMILES string of the molecule is O=C(NC(=O)c1cc2ccccc2cc1O)NC1=CC=CC([N+](=O)[O-])C1. The molecule has 132 valence electrons. The number of carbonyl (C=O) groups is 2. The number of phenolic OH excluding ortho intramolecular Hbond substituents is 1. The molecule has 3 rings (SSSR count). The summed E-state index contributed by atoms with van der Waals surface area (Å²) in [4.78, 5) is 34.6. The highest BCUT2D eigenvalue weighted by Crippen LogP contribution is 2.24. The lowest BCUT2D eigenvalue weighted by molar-refractivity contribution is -0.509. The number of nitrogens with one attached hydrogen (secondary N) is 2. The van der Waals surface area contributed by atoms with Crippen LogP contribution in [0.15, 0.2) is 60.3 Å². The lowest BCUT2D eigenvalue weighted by Gasteiger charge is -2.14. The number of urea groups is 1. The Kier molecular flexibility index (Phi) is 4.66. The maximum atomic E-state index is 12.3. The molecular formula is C18H15N3O5. The number of amides is 3. The Hall–Kier alpha value is -3.68. The molecule has 8 nitrogen and oxygen atoms in total. The van der Waals surface area contributed by atoms with E-state index in [0.29, 0.717) is 5.70 Å². The molecule has 2 aromatic rings. The van der Waals surface area contributed by atoms with E-state index in [2.05, 4.69) is 10.6 Å². The van der Waals surface area contributed by atoms with Gasteiger partial charge in [-0.25, -0.2) is 4.79 Å². The fourth-order valence-electron chi connectivity index (χ4n) is 2.66. The minimum absolute atomic E-state index is 0.0202. The average molecular weight is 353 g/mol. The Morgan fingerprint density at radius 3 is 2.58 bits per heavy atom. The van der Waals surface area contributed by atoms with Crippen LogP contribution in [0.2, 0.25) is 0 Å². The standard InChI is InChI=1S/C18H15N3O5/c22-16-9-12-5-2-1-4-11(12)8-15(16)17(23)20-18(24)19-13-6-3-7-14(10-13)21(25)26/h1-9,14,22H,10H2,(H2,19,20,23,24). The molecule has 0 aliphatic heterocycles. The van der Waals surface area contributed by atoms with Gasteiger partial charge in [0.1, 0.15) is 5.75 Å². The van der Waals surface area contributed by atoms with Gasteiger partial charge in [-0.3, -0.25) is 20.2 Å². The molecule has 1 atom stereocenters. The van der Waals surface area contributed by atoms with Crippen molar-refractivity contribution in [2.45, 2.75) is 12.5 Å². The molecule has 0 heterocycles. The third kappa shape index (κ3) is 3.69. The van der Waals surface area contributed by atoms with Gasteiger partial charge >= 0.3 is 6.03 Å². The normalized spacial score (nSPS) is 16.0. The zero-order valence-electron chi connectivity index (χ0n) is 13.5. The van der Waals surface area contributed by atoms with Gasteiger partial charge in [0.25, 0.3) is 5.91 Å². The van der Waals surface area contributed by atoms with Crippen LogP contribution in [0.4, 0.5) is 4.79 Å². The molecule has 0 bridgehead atoms. The Labute approximate surface area is 148 Å². The summed E-state index contributed by atoms with van der Waals surface area (Å²) < 4.78 is 0. The smallest absolute Gasteiger partial charge is 0.325 e. The van der Waals surface area contributed by atoms with Crippen LogP contribution in [0.1, 0.15) is 16.8 Å². The second-order valence-electron chi connectivity index (χ2n) is 5.76. The van der Waals surface area contributed by atoms with E-state index in [1.165, 1.54) is 30.4 Å². The van der Waals surface area contributed by atoms with Gasteiger partial charge in [-0.1, -0.05) is 30.3 Å². The van der Waals surface area contributed by atoms with Crippen molar-refractivity contribution in [3.63, 3.8) is 0 Å². The molecule has 0 radical (unpaired) electrons. The number of nitro groups is 1. The van der Waals surface area contributed by atoms with Crippen molar-refractivity contribution in [1.29, 1.82) is 0 Å². The fourth-order valence-corrected chi connectivity index (χ4v) is 2.66. The lowest BCUT2D eigenvalue weighted by atomic mass is 10.1. The minimum atomic E-state index is -0.921. The molecule has 0 spiro atoms. The second kappa shape index (κ2) is 7.06.